The number of unbranched alkanes of at least 4 members (excludes halogenated alkanes) is 1. The molecule has 0 unspecified atom stereocenters. The van der Waals surface area contributed by atoms with Crippen molar-refractivity contribution >= 4 is 19.2 Å². The van der Waals surface area contributed by atoms with Crippen molar-refractivity contribution in [2.24, 2.45) is 0 Å². The summed E-state index contributed by atoms with van der Waals surface area (Å²) in [7, 11) is -1.36. The van der Waals surface area contributed by atoms with E-state index in [1.54, 1.807) is 13.0 Å². The van der Waals surface area contributed by atoms with Crippen LogP contribution in [0.1, 0.15) is 32.3 Å². The number of ether oxygens (including phenoxy) is 1. The van der Waals surface area contributed by atoms with Crippen LogP contribution in [0.15, 0.2) is 103 Å². The van der Waals surface area contributed by atoms with Gasteiger partial charge in [-0.25, -0.2) is 4.79 Å². The quantitative estimate of drug-likeness (QED) is 0.126. The molecule has 0 aromatic heterocycles. The summed E-state index contributed by atoms with van der Waals surface area (Å²) < 4.78 is 5.22. The van der Waals surface area contributed by atoms with Gasteiger partial charge in [-0.3, -0.25) is 0 Å². The fraction of sp³-hybridized carbons (Fsp3) is 0.229. The minimum atomic E-state index is -1.36. The molecule has 4 heteroatoms. The number of hydrogen-bond donors (Lipinski definition) is 1. The van der Waals surface area contributed by atoms with E-state index in [2.05, 4.69) is 99.4 Å². The zero-order valence-electron chi connectivity index (χ0n) is 23.5. The van der Waals surface area contributed by atoms with Gasteiger partial charge in [-0.15, -0.1) is 0 Å². The van der Waals surface area contributed by atoms with Crippen molar-refractivity contribution in [3.8, 4) is 39.1 Å². The van der Waals surface area contributed by atoms with E-state index in [1.807, 2.05) is 12.1 Å². The minimum Gasteiger partial charge on any atom is -0.508 e. The minimum absolute atomic E-state index is 0.00290. The average molecular weight is 535 g/mol. The van der Waals surface area contributed by atoms with Gasteiger partial charge in [0, 0.05) is 11.1 Å². The number of benzene rings is 4. The first kappa shape index (κ1) is 28.1. The van der Waals surface area contributed by atoms with Crippen molar-refractivity contribution in [2.45, 2.75) is 52.4 Å². The Kier molecular flexibility index (Phi) is 8.88. The van der Waals surface area contributed by atoms with Crippen LogP contribution in [0.3, 0.4) is 0 Å². The lowest BCUT2D eigenvalue weighted by molar-refractivity contribution is -0.140. The smallest absolute Gasteiger partial charge is 0.333 e. The number of phenols is 1. The number of carbonyl (C=O) groups excluding carboxylic acids is 1. The largest absolute Gasteiger partial charge is 0.508 e. The van der Waals surface area contributed by atoms with Gasteiger partial charge in [-0.2, -0.15) is 0 Å². The number of rotatable bonds is 10. The van der Waals surface area contributed by atoms with Crippen molar-refractivity contribution in [3.63, 3.8) is 0 Å². The van der Waals surface area contributed by atoms with E-state index < -0.39 is 14.0 Å². The van der Waals surface area contributed by atoms with Crippen molar-refractivity contribution < 1.29 is 14.6 Å². The zero-order chi connectivity index (χ0) is 28.0. The average Bonchev–Trinajstić information content (AvgIpc) is 2.95. The van der Waals surface area contributed by atoms with Gasteiger partial charge < -0.3 is 9.84 Å². The SMILES string of the molecule is C=C(C)C(=O)OCc1cc(-c2ccc(-c3ccc(-c4ccc([Si](C)(C)CCCC)cc4)cc3)cc2)ccc1O. The highest BCUT2D eigenvalue weighted by Gasteiger charge is 2.22. The molecule has 0 aliphatic heterocycles. The first-order valence-corrected chi connectivity index (χ1v) is 16.8. The van der Waals surface area contributed by atoms with E-state index in [1.165, 1.54) is 35.2 Å². The van der Waals surface area contributed by atoms with Crippen LogP contribution >= 0.6 is 0 Å². The summed E-state index contributed by atoms with van der Waals surface area (Å²) in [5, 5.41) is 11.7. The lowest BCUT2D eigenvalue weighted by Crippen LogP contribution is -2.40. The highest BCUT2D eigenvalue weighted by Crippen LogP contribution is 2.30. The maximum Gasteiger partial charge on any atom is 0.333 e. The molecule has 3 nitrogen and oxygen atoms in total. The second kappa shape index (κ2) is 12.3. The van der Waals surface area contributed by atoms with Gasteiger partial charge in [0.15, 0.2) is 0 Å². The lowest BCUT2D eigenvalue weighted by atomic mass is 9.97. The third-order valence-corrected chi connectivity index (χ3v) is 10.9. The molecule has 0 saturated carbocycles. The lowest BCUT2D eigenvalue weighted by Gasteiger charge is -2.23. The van der Waals surface area contributed by atoms with E-state index in [0.29, 0.717) is 11.1 Å². The molecule has 4 rings (SSSR count). The summed E-state index contributed by atoms with van der Waals surface area (Å²) in [6, 6.07) is 33.0. The first-order valence-electron chi connectivity index (χ1n) is 13.6. The van der Waals surface area contributed by atoms with Crippen LogP contribution in [-0.4, -0.2) is 19.1 Å². The Bertz CT molecular complexity index is 1430. The normalized spacial score (nSPS) is 11.3. The second-order valence-electron chi connectivity index (χ2n) is 10.9. The van der Waals surface area contributed by atoms with Gasteiger partial charge in [-0.1, -0.05) is 130 Å². The molecule has 200 valence electrons. The maximum atomic E-state index is 11.7. The Morgan fingerprint density at radius 1 is 0.769 bits per heavy atom. The number of hydrogen-bond acceptors (Lipinski definition) is 3. The Hall–Kier alpha value is -3.89. The van der Waals surface area contributed by atoms with E-state index >= 15 is 0 Å². The molecule has 0 heterocycles. The molecule has 4 aromatic rings. The number of carbonyl (C=O) groups is 1. The molecule has 4 aromatic carbocycles. The fourth-order valence-corrected chi connectivity index (χ4v) is 7.33. The molecule has 0 saturated heterocycles. The maximum absolute atomic E-state index is 11.7. The van der Waals surface area contributed by atoms with Gasteiger partial charge in [0.2, 0.25) is 0 Å². The summed E-state index contributed by atoms with van der Waals surface area (Å²) in [6.07, 6.45) is 2.57. The fourth-order valence-electron chi connectivity index (χ4n) is 4.73. The molecule has 0 aliphatic carbocycles. The number of phenolic OH excluding ortho intramolecular Hbond substituents is 1. The van der Waals surface area contributed by atoms with Crippen LogP contribution in [0.2, 0.25) is 19.1 Å². The second-order valence-corrected chi connectivity index (χ2v) is 15.8. The zero-order valence-corrected chi connectivity index (χ0v) is 24.5. The van der Waals surface area contributed by atoms with Crippen molar-refractivity contribution in [1.29, 1.82) is 0 Å². The molecular weight excluding hydrogens is 496 g/mol. The molecular formula is C35H38O3Si. The Labute approximate surface area is 233 Å². The third kappa shape index (κ3) is 6.95. The van der Waals surface area contributed by atoms with Gasteiger partial charge >= 0.3 is 5.97 Å². The first-order chi connectivity index (χ1) is 18.7. The van der Waals surface area contributed by atoms with E-state index in [4.69, 9.17) is 4.74 Å². The van der Waals surface area contributed by atoms with Crippen LogP contribution in [-0.2, 0) is 16.1 Å². The predicted molar refractivity (Wildman–Crippen MR) is 166 cm³/mol. The molecule has 0 radical (unpaired) electrons. The van der Waals surface area contributed by atoms with Crippen molar-refractivity contribution in [2.75, 3.05) is 0 Å². The number of esters is 1. The van der Waals surface area contributed by atoms with E-state index in [9.17, 15) is 9.90 Å². The highest BCUT2D eigenvalue weighted by atomic mass is 28.3. The van der Waals surface area contributed by atoms with Gasteiger partial charge in [0.05, 0.1) is 8.07 Å². The summed E-state index contributed by atoms with van der Waals surface area (Å²) in [6.45, 7) is 12.4. The Balaban J connectivity index is 1.46. The van der Waals surface area contributed by atoms with Gasteiger partial charge in [-0.05, 0) is 52.4 Å². The summed E-state index contributed by atoms with van der Waals surface area (Å²) >= 11 is 0. The summed E-state index contributed by atoms with van der Waals surface area (Å²) in [4.78, 5) is 11.7. The molecule has 0 atom stereocenters. The molecule has 0 bridgehead atoms. The van der Waals surface area contributed by atoms with Crippen LogP contribution in [0.25, 0.3) is 33.4 Å². The third-order valence-electron chi connectivity index (χ3n) is 7.38. The Morgan fingerprint density at radius 3 is 1.67 bits per heavy atom. The molecule has 1 N–H and O–H groups in total. The molecule has 0 amide bonds. The summed E-state index contributed by atoms with van der Waals surface area (Å²) in [5.74, 6) is -0.373. The van der Waals surface area contributed by atoms with E-state index in [-0.39, 0.29) is 12.4 Å². The molecule has 0 fully saturated rings. The molecule has 0 spiro atoms. The molecule has 39 heavy (non-hydrogen) atoms. The monoisotopic (exact) mass is 534 g/mol. The Morgan fingerprint density at radius 2 is 1.21 bits per heavy atom. The van der Waals surface area contributed by atoms with Crippen LogP contribution < -0.4 is 5.19 Å². The highest BCUT2D eigenvalue weighted by molar-refractivity contribution is 6.89. The van der Waals surface area contributed by atoms with Gasteiger partial charge in [0.25, 0.3) is 0 Å². The number of aromatic hydroxyl groups is 1. The van der Waals surface area contributed by atoms with Crippen LogP contribution in [0, 0.1) is 0 Å². The van der Waals surface area contributed by atoms with Crippen molar-refractivity contribution in [3.05, 3.63) is 109 Å². The van der Waals surface area contributed by atoms with Gasteiger partial charge in [0.1, 0.15) is 12.4 Å². The van der Waals surface area contributed by atoms with E-state index in [0.717, 1.165) is 22.3 Å². The topological polar surface area (TPSA) is 46.5 Å². The summed E-state index contributed by atoms with van der Waals surface area (Å²) in [5.41, 5.74) is 7.62. The van der Waals surface area contributed by atoms with Crippen LogP contribution in [0.5, 0.6) is 5.75 Å². The predicted octanol–water partition coefficient (Wildman–Crippen LogP) is 8.73. The van der Waals surface area contributed by atoms with Crippen LogP contribution in [0.4, 0.5) is 0 Å². The standard InChI is InChI=1S/C35H38O3Si/c1-6-7-22-39(4,5)33-19-16-29(17-20-33)28-10-8-26(9-11-28)27-12-14-30(15-13-27)31-18-21-34(36)32(23-31)24-38-35(37)25(2)3/h8-21,23,36H,2,6-7,22,24H2,1,3-5H3. The molecule has 0 aliphatic rings. The van der Waals surface area contributed by atoms with Crippen molar-refractivity contribution in [1.82, 2.24) is 0 Å².